The zero-order valence-corrected chi connectivity index (χ0v) is 11.9. The van der Waals surface area contributed by atoms with Gasteiger partial charge in [-0.2, -0.15) is 0 Å². The van der Waals surface area contributed by atoms with Gasteiger partial charge in [0.1, 0.15) is 5.75 Å². The lowest BCUT2D eigenvalue weighted by Gasteiger charge is -2.21. The summed E-state index contributed by atoms with van der Waals surface area (Å²) in [4.78, 5) is 7.61. The van der Waals surface area contributed by atoms with Crippen molar-refractivity contribution in [3.63, 3.8) is 0 Å². The summed E-state index contributed by atoms with van der Waals surface area (Å²) in [7, 11) is 0. The van der Waals surface area contributed by atoms with Crippen molar-refractivity contribution in [1.82, 2.24) is 9.97 Å². The van der Waals surface area contributed by atoms with Crippen LogP contribution in [-0.2, 0) is 12.8 Å². The van der Waals surface area contributed by atoms with Crippen LogP contribution in [0.3, 0.4) is 0 Å². The molecule has 1 unspecified atom stereocenters. The standard InChI is InChI=1S/C18H18N2O/c1-2-4-15-10-16(7-6-14(15)3-1)21-11-13-5-8-17-18(9-13)20-12-19-17/h1-4,6-7,10,12-13H,5,8-9,11H2,(H,19,20). The Morgan fingerprint density at radius 2 is 2.05 bits per heavy atom. The van der Waals surface area contributed by atoms with Crippen LogP contribution >= 0.6 is 0 Å². The molecule has 1 aliphatic rings. The van der Waals surface area contributed by atoms with Crippen molar-refractivity contribution in [3.05, 3.63) is 60.2 Å². The fourth-order valence-corrected chi connectivity index (χ4v) is 3.08. The molecular weight excluding hydrogens is 260 g/mol. The van der Waals surface area contributed by atoms with Crippen molar-refractivity contribution < 1.29 is 4.74 Å². The number of nitrogens with one attached hydrogen (secondary N) is 1. The number of H-pyrrole nitrogens is 1. The molecule has 21 heavy (non-hydrogen) atoms. The van der Waals surface area contributed by atoms with Gasteiger partial charge < -0.3 is 9.72 Å². The highest BCUT2D eigenvalue weighted by Gasteiger charge is 2.21. The molecule has 1 aromatic heterocycles. The largest absolute Gasteiger partial charge is 0.493 e. The highest BCUT2D eigenvalue weighted by molar-refractivity contribution is 5.83. The number of aromatic amines is 1. The summed E-state index contributed by atoms with van der Waals surface area (Å²) in [6.07, 6.45) is 5.08. The molecule has 0 radical (unpaired) electrons. The van der Waals surface area contributed by atoms with E-state index in [1.54, 1.807) is 6.33 Å². The molecule has 0 saturated heterocycles. The van der Waals surface area contributed by atoms with E-state index in [4.69, 9.17) is 4.74 Å². The minimum atomic E-state index is 0.562. The van der Waals surface area contributed by atoms with Gasteiger partial charge in [-0.05, 0) is 48.1 Å². The van der Waals surface area contributed by atoms with Gasteiger partial charge in [-0.3, -0.25) is 0 Å². The number of aryl methyl sites for hydroxylation is 1. The van der Waals surface area contributed by atoms with Crippen LogP contribution in [-0.4, -0.2) is 16.6 Å². The van der Waals surface area contributed by atoms with E-state index in [1.165, 1.54) is 28.6 Å². The number of imidazole rings is 1. The molecule has 1 N–H and O–H groups in total. The molecule has 106 valence electrons. The van der Waals surface area contributed by atoms with Crippen LogP contribution in [0.25, 0.3) is 10.8 Å². The van der Waals surface area contributed by atoms with Crippen LogP contribution in [0.4, 0.5) is 0 Å². The third-order valence-electron chi connectivity index (χ3n) is 4.30. The van der Waals surface area contributed by atoms with E-state index in [9.17, 15) is 0 Å². The van der Waals surface area contributed by atoms with E-state index in [0.29, 0.717) is 5.92 Å². The van der Waals surface area contributed by atoms with Gasteiger partial charge in [-0.15, -0.1) is 0 Å². The van der Waals surface area contributed by atoms with Crippen LogP contribution in [0.2, 0.25) is 0 Å². The predicted octanol–water partition coefficient (Wildman–Crippen LogP) is 3.75. The van der Waals surface area contributed by atoms with Crippen LogP contribution in [0.15, 0.2) is 48.8 Å². The molecule has 1 atom stereocenters. The number of rotatable bonds is 3. The monoisotopic (exact) mass is 278 g/mol. The fourth-order valence-electron chi connectivity index (χ4n) is 3.08. The number of ether oxygens (including phenoxy) is 1. The number of nitrogens with zero attached hydrogens (tertiary/aromatic N) is 1. The number of benzene rings is 2. The molecule has 3 aromatic rings. The SMILES string of the molecule is c1ccc2cc(OCC3CCc4[nH]cnc4C3)ccc2c1. The normalized spacial score (nSPS) is 17.6. The van der Waals surface area contributed by atoms with Gasteiger partial charge in [-0.1, -0.05) is 30.3 Å². The van der Waals surface area contributed by atoms with Crippen molar-refractivity contribution in [2.45, 2.75) is 19.3 Å². The van der Waals surface area contributed by atoms with E-state index in [2.05, 4.69) is 52.4 Å². The quantitative estimate of drug-likeness (QED) is 0.792. The Hall–Kier alpha value is -2.29. The minimum absolute atomic E-state index is 0.562. The molecule has 0 spiro atoms. The Labute approximate surface area is 124 Å². The first-order valence-electron chi connectivity index (χ1n) is 7.51. The van der Waals surface area contributed by atoms with E-state index in [1.807, 2.05) is 0 Å². The summed E-state index contributed by atoms with van der Waals surface area (Å²) in [6.45, 7) is 0.768. The molecular formula is C18H18N2O. The Kier molecular flexibility index (Phi) is 3.11. The third kappa shape index (κ3) is 2.51. The molecule has 3 nitrogen and oxygen atoms in total. The Morgan fingerprint density at radius 3 is 3.00 bits per heavy atom. The van der Waals surface area contributed by atoms with Gasteiger partial charge in [0, 0.05) is 5.69 Å². The van der Waals surface area contributed by atoms with Gasteiger partial charge >= 0.3 is 0 Å². The maximum absolute atomic E-state index is 6.01. The Morgan fingerprint density at radius 1 is 1.14 bits per heavy atom. The molecule has 0 amide bonds. The summed E-state index contributed by atoms with van der Waals surface area (Å²) < 4.78 is 6.01. The molecule has 1 heterocycles. The van der Waals surface area contributed by atoms with Crippen molar-refractivity contribution in [3.8, 4) is 5.75 Å². The smallest absolute Gasteiger partial charge is 0.119 e. The fraction of sp³-hybridized carbons (Fsp3) is 0.278. The topological polar surface area (TPSA) is 37.9 Å². The van der Waals surface area contributed by atoms with Crippen molar-refractivity contribution in [1.29, 1.82) is 0 Å². The first kappa shape index (κ1) is 12.5. The van der Waals surface area contributed by atoms with E-state index in [0.717, 1.165) is 25.2 Å². The van der Waals surface area contributed by atoms with Crippen LogP contribution in [0.1, 0.15) is 17.8 Å². The van der Waals surface area contributed by atoms with Crippen LogP contribution in [0, 0.1) is 5.92 Å². The van der Waals surface area contributed by atoms with Crippen molar-refractivity contribution in [2.24, 2.45) is 5.92 Å². The third-order valence-corrected chi connectivity index (χ3v) is 4.30. The number of hydrogen-bond donors (Lipinski definition) is 1. The lowest BCUT2D eigenvalue weighted by molar-refractivity contribution is 0.233. The van der Waals surface area contributed by atoms with Crippen LogP contribution < -0.4 is 4.74 Å². The first-order chi connectivity index (χ1) is 10.4. The Bertz CT molecular complexity index is 763. The summed E-state index contributed by atoms with van der Waals surface area (Å²) in [5.74, 6) is 1.52. The van der Waals surface area contributed by atoms with E-state index in [-0.39, 0.29) is 0 Å². The van der Waals surface area contributed by atoms with Crippen molar-refractivity contribution >= 4 is 10.8 Å². The molecule has 0 aliphatic heterocycles. The lowest BCUT2D eigenvalue weighted by Crippen LogP contribution is -2.20. The zero-order chi connectivity index (χ0) is 14.1. The molecule has 2 aromatic carbocycles. The summed E-state index contributed by atoms with van der Waals surface area (Å²) in [5, 5.41) is 2.48. The van der Waals surface area contributed by atoms with E-state index >= 15 is 0 Å². The molecule has 1 aliphatic carbocycles. The first-order valence-corrected chi connectivity index (χ1v) is 7.51. The predicted molar refractivity (Wildman–Crippen MR) is 83.5 cm³/mol. The van der Waals surface area contributed by atoms with E-state index < -0.39 is 0 Å². The second-order valence-corrected chi connectivity index (χ2v) is 5.76. The lowest BCUT2D eigenvalue weighted by atomic mass is 9.90. The Balaban J connectivity index is 1.44. The number of fused-ring (bicyclic) bond motifs is 2. The maximum Gasteiger partial charge on any atom is 0.119 e. The minimum Gasteiger partial charge on any atom is -0.493 e. The van der Waals surface area contributed by atoms with Gasteiger partial charge in [-0.25, -0.2) is 4.98 Å². The second kappa shape index (κ2) is 5.24. The second-order valence-electron chi connectivity index (χ2n) is 5.76. The molecule has 0 saturated carbocycles. The molecule has 3 heteroatoms. The van der Waals surface area contributed by atoms with Crippen molar-refractivity contribution in [2.75, 3.05) is 6.61 Å². The zero-order valence-electron chi connectivity index (χ0n) is 11.9. The number of aromatic nitrogens is 2. The average molecular weight is 278 g/mol. The highest BCUT2D eigenvalue weighted by Crippen LogP contribution is 2.25. The number of hydrogen-bond acceptors (Lipinski definition) is 2. The summed E-state index contributed by atoms with van der Waals surface area (Å²) in [6, 6.07) is 14.7. The molecule has 0 fully saturated rings. The average Bonchev–Trinajstić information content (AvgIpc) is 3.00. The highest BCUT2D eigenvalue weighted by atomic mass is 16.5. The van der Waals surface area contributed by atoms with Gasteiger partial charge in [0.2, 0.25) is 0 Å². The van der Waals surface area contributed by atoms with Crippen LogP contribution in [0.5, 0.6) is 5.75 Å². The van der Waals surface area contributed by atoms with Gasteiger partial charge in [0.15, 0.2) is 0 Å². The van der Waals surface area contributed by atoms with Gasteiger partial charge in [0.05, 0.1) is 18.6 Å². The molecule has 4 rings (SSSR count). The van der Waals surface area contributed by atoms with Gasteiger partial charge in [0.25, 0.3) is 0 Å². The molecule has 0 bridgehead atoms. The maximum atomic E-state index is 6.01. The summed E-state index contributed by atoms with van der Waals surface area (Å²) >= 11 is 0. The summed E-state index contributed by atoms with van der Waals surface area (Å²) in [5.41, 5.74) is 2.52.